The van der Waals surface area contributed by atoms with E-state index in [1.165, 1.54) is 6.92 Å². The lowest BCUT2D eigenvalue weighted by molar-refractivity contribution is 0.543. The van der Waals surface area contributed by atoms with Crippen LogP contribution >= 0.6 is 0 Å². The Labute approximate surface area is 111 Å². The van der Waals surface area contributed by atoms with Crippen molar-refractivity contribution in [3.63, 3.8) is 0 Å². The van der Waals surface area contributed by atoms with Crippen LogP contribution in [-0.2, 0) is 19.9 Å². The van der Waals surface area contributed by atoms with Crippen LogP contribution in [0.2, 0.25) is 0 Å². The zero-order chi connectivity index (χ0) is 14.8. The number of benzene rings is 1. The molecule has 0 aliphatic rings. The van der Waals surface area contributed by atoms with Crippen molar-refractivity contribution in [1.82, 2.24) is 4.72 Å². The van der Waals surface area contributed by atoms with E-state index in [1.807, 2.05) is 0 Å². The Balaban J connectivity index is 3.34. The lowest BCUT2D eigenvalue weighted by Crippen LogP contribution is -2.38. The van der Waals surface area contributed by atoms with Gasteiger partial charge in [0.1, 0.15) is 10.7 Å². The number of nitrogens with one attached hydrogen (secondary N) is 1. The Morgan fingerprint density at radius 3 is 2.37 bits per heavy atom. The van der Waals surface area contributed by atoms with Crippen LogP contribution in [0.15, 0.2) is 28.0 Å². The van der Waals surface area contributed by atoms with Crippen LogP contribution in [0, 0.1) is 5.82 Å². The third-order valence-electron chi connectivity index (χ3n) is 2.33. The Bertz CT molecular complexity index is 671. The molecule has 0 spiro atoms. The standard InChI is InChI=1S/C10H15FN2O4S2/c1-7(6-12)13-19(16,17)10-5-8(18(2,14)15)3-4-9(10)11/h3-5,7,13H,6,12H2,1-2H3. The monoisotopic (exact) mass is 310 g/mol. The fourth-order valence-corrected chi connectivity index (χ4v) is 3.38. The minimum absolute atomic E-state index is 0.0343. The van der Waals surface area contributed by atoms with Gasteiger partial charge in [0, 0.05) is 18.8 Å². The van der Waals surface area contributed by atoms with Crippen molar-refractivity contribution < 1.29 is 21.2 Å². The second-order valence-electron chi connectivity index (χ2n) is 4.12. The highest BCUT2D eigenvalue weighted by molar-refractivity contribution is 7.91. The molecule has 1 aromatic rings. The Morgan fingerprint density at radius 2 is 1.89 bits per heavy atom. The predicted molar refractivity (Wildman–Crippen MR) is 68.3 cm³/mol. The molecule has 0 saturated heterocycles. The van der Waals surface area contributed by atoms with E-state index in [4.69, 9.17) is 5.73 Å². The molecule has 108 valence electrons. The molecule has 9 heteroatoms. The first-order valence-electron chi connectivity index (χ1n) is 5.30. The van der Waals surface area contributed by atoms with Crippen LogP contribution in [0.25, 0.3) is 0 Å². The van der Waals surface area contributed by atoms with Crippen molar-refractivity contribution in [1.29, 1.82) is 0 Å². The van der Waals surface area contributed by atoms with Gasteiger partial charge in [0.2, 0.25) is 10.0 Å². The maximum Gasteiger partial charge on any atom is 0.243 e. The smallest absolute Gasteiger partial charge is 0.243 e. The van der Waals surface area contributed by atoms with E-state index in [1.54, 1.807) is 0 Å². The van der Waals surface area contributed by atoms with Gasteiger partial charge >= 0.3 is 0 Å². The highest BCUT2D eigenvalue weighted by atomic mass is 32.2. The summed E-state index contributed by atoms with van der Waals surface area (Å²) in [5.41, 5.74) is 5.28. The summed E-state index contributed by atoms with van der Waals surface area (Å²) in [6, 6.07) is 2.01. The molecule has 0 aliphatic heterocycles. The molecular formula is C10H15FN2O4S2. The van der Waals surface area contributed by atoms with Gasteiger partial charge in [-0.25, -0.2) is 25.9 Å². The SMILES string of the molecule is CC(CN)NS(=O)(=O)c1cc(S(C)(=O)=O)ccc1F. The predicted octanol–water partition coefficient (Wildman–Crippen LogP) is -0.145. The first-order valence-corrected chi connectivity index (χ1v) is 8.67. The topological polar surface area (TPSA) is 106 Å². The largest absolute Gasteiger partial charge is 0.329 e. The maximum absolute atomic E-state index is 13.6. The van der Waals surface area contributed by atoms with E-state index in [0.717, 1.165) is 24.5 Å². The van der Waals surface area contributed by atoms with Crippen molar-refractivity contribution in [2.75, 3.05) is 12.8 Å². The molecule has 1 rings (SSSR count). The first kappa shape index (κ1) is 16.0. The van der Waals surface area contributed by atoms with Gasteiger partial charge in [0.15, 0.2) is 9.84 Å². The third-order valence-corrected chi connectivity index (χ3v) is 5.05. The van der Waals surface area contributed by atoms with Crippen molar-refractivity contribution in [3.8, 4) is 0 Å². The minimum Gasteiger partial charge on any atom is -0.329 e. The number of nitrogens with two attached hydrogens (primary N) is 1. The number of hydrogen-bond donors (Lipinski definition) is 2. The average molecular weight is 310 g/mol. The van der Waals surface area contributed by atoms with E-state index in [9.17, 15) is 21.2 Å². The minimum atomic E-state index is -4.15. The van der Waals surface area contributed by atoms with Gasteiger partial charge in [-0.3, -0.25) is 0 Å². The Kier molecular flexibility index (Phi) is 4.67. The van der Waals surface area contributed by atoms with Crippen molar-refractivity contribution in [2.45, 2.75) is 22.8 Å². The highest BCUT2D eigenvalue weighted by Crippen LogP contribution is 2.19. The Hall–Kier alpha value is -1.03. The second kappa shape index (κ2) is 5.53. The molecule has 0 saturated carbocycles. The second-order valence-corrected chi connectivity index (χ2v) is 7.82. The van der Waals surface area contributed by atoms with Gasteiger partial charge < -0.3 is 5.73 Å². The lowest BCUT2D eigenvalue weighted by atomic mass is 10.3. The quantitative estimate of drug-likeness (QED) is 0.736. The van der Waals surface area contributed by atoms with E-state index >= 15 is 0 Å². The maximum atomic E-state index is 13.6. The summed E-state index contributed by atoms with van der Waals surface area (Å²) in [5, 5.41) is 0. The molecule has 6 nitrogen and oxygen atoms in total. The molecule has 0 radical (unpaired) electrons. The van der Waals surface area contributed by atoms with Crippen LogP contribution < -0.4 is 10.5 Å². The molecule has 19 heavy (non-hydrogen) atoms. The summed E-state index contributed by atoms with van der Waals surface area (Å²) in [5.74, 6) is -1.02. The fraction of sp³-hybridized carbons (Fsp3) is 0.400. The van der Waals surface area contributed by atoms with Crippen LogP contribution in [0.3, 0.4) is 0 Å². The number of hydrogen-bond acceptors (Lipinski definition) is 5. The number of rotatable bonds is 5. The molecule has 0 heterocycles. The number of sulfone groups is 1. The van der Waals surface area contributed by atoms with Crippen LogP contribution in [-0.4, -0.2) is 35.7 Å². The zero-order valence-electron chi connectivity index (χ0n) is 10.4. The highest BCUT2D eigenvalue weighted by Gasteiger charge is 2.23. The molecule has 1 atom stereocenters. The first-order chi connectivity index (χ1) is 8.58. The average Bonchev–Trinajstić information content (AvgIpc) is 2.26. The van der Waals surface area contributed by atoms with Crippen molar-refractivity contribution >= 4 is 19.9 Å². The summed E-state index contributed by atoms with van der Waals surface area (Å²) in [7, 11) is -7.77. The summed E-state index contributed by atoms with van der Waals surface area (Å²) >= 11 is 0. The van der Waals surface area contributed by atoms with Gasteiger partial charge in [-0.15, -0.1) is 0 Å². The summed E-state index contributed by atoms with van der Waals surface area (Å²) in [6.45, 7) is 1.54. The number of halogens is 1. The normalized spacial score (nSPS) is 14.3. The molecule has 0 fully saturated rings. The summed E-state index contributed by atoms with van der Waals surface area (Å²) in [6.07, 6.45) is 0.909. The lowest BCUT2D eigenvalue weighted by Gasteiger charge is -2.13. The Morgan fingerprint density at radius 1 is 1.32 bits per heavy atom. The molecule has 3 N–H and O–H groups in total. The van der Waals surface area contributed by atoms with Gasteiger partial charge in [-0.1, -0.05) is 0 Å². The van der Waals surface area contributed by atoms with Crippen molar-refractivity contribution in [3.05, 3.63) is 24.0 Å². The van der Waals surface area contributed by atoms with Gasteiger partial charge in [0.25, 0.3) is 0 Å². The zero-order valence-corrected chi connectivity index (χ0v) is 12.1. The van der Waals surface area contributed by atoms with Gasteiger partial charge in [-0.2, -0.15) is 0 Å². The van der Waals surface area contributed by atoms with E-state index in [0.29, 0.717) is 0 Å². The van der Waals surface area contributed by atoms with Crippen LogP contribution in [0.4, 0.5) is 4.39 Å². The van der Waals surface area contributed by atoms with Gasteiger partial charge in [0.05, 0.1) is 4.90 Å². The van der Waals surface area contributed by atoms with E-state index in [2.05, 4.69) is 4.72 Å². The van der Waals surface area contributed by atoms with E-state index in [-0.39, 0.29) is 11.4 Å². The molecule has 0 amide bonds. The summed E-state index contributed by atoms with van der Waals surface area (Å²) < 4.78 is 62.2. The van der Waals surface area contributed by atoms with Crippen LogP contribution in [0.1, 0.15) is 6.92 Å². The molecule has 1 aromatic carbocycles. The molecule has 0 aromatic heterocycles. The third kappa shape index (κ3) is 3.96. The fourth-order valence-electron chi connectivity index (χ4n) is 1.30. The molecule has 0 bridgehead atoms. The van der Waals surface area contributed by atoms with Crippen LogP contribution in [0.5, 0.6) is 0 Å². The number of sulfonamides is 1. The van der Waals surface area contributed by atoms with Gasteiger partial charge in [-0.05, 0) is 25.1 Å². The molecular weight excluding hydrogens is 295 g/mol. The van der Waals surface area contributed by atoms with E-state index < -0.39 is 36.6 Å². The molecule has 0 aliphatic carbocycles. The molecule has 1 unspecified atom stereocenters. The summed E-state index contributed by atoms with van der Waals surface area (Å²) in [4.78, 5) is -0.981. The van der Waals surface area contributed by atoms with Crippen molar-refractivity contribution in [2.24, 2.45) is 5.73 Å².